The molecule has 2 aromatic carbocycles. The Hall–Kier alpha value is -6.19. The number of primary amides is 1. The molecule has 6 N–H and O–H groups in total. The summed E-state index contributed by atoms with van der Waals surface area (Å²) in [5.74, 6) is 0.0218. The van der Waals surface area contributed by atoms with Crippen LogP contribution in [0.2, 0.25) is 0 Å². The van der Waals surface area contributed by atoms with E-state index in [9.17, 15) is 24.0 Å². The second kappa shape index (κ2) is 17.3. The number of aromatic amines is 2. The van der Waals surface area contributed by atoms with Crippen molar-refractivity contribution in [3.8, 4) is 33.6 Å². The molecule has 4 aromatic rings. The van der Waals surface area contributed by atoms with Crippen LogP contribution in [-0.2, 0) is 19.1 Å². The van der Waals surface area contributed by atoms with Crippen LogP contribution in [0, 0.1) is 11.8 Å². The summed E-state index contributed by atoms with van der Waals surface area (Å²) < 4.78 is 9.49. The molecule has 57 heavy (non-hydrogen) atoms. The minimum absolute atomic E-state index is 0.136. The van der Waals surface area contributed by atoms with Gasteiger partial charge in [0.2, 0.25) is 17.7 Å². The van der Waals surface area contributed by atoms with Gasteiger partial charge in [-0.05, 0) is 60.3 Å². The monoisotopic (exact) mass is 781 g/mol. The molecule has 5 amide bonds. The molecule has 16 heteroatoms. The second-order valence-electron chi connectivity index (χ2n) is 15.2. The Balaban J connectivity index is 1.17. The summed E-state index contributed by atoms with van der Waals surface area (Å²) in [5, 5.41) is 5.34. The predicted octanol–water partition coefficient (Wildman–Crippen LogP) is 5.32. The number of methoxy groups -OCH3 is 2. The number of rotatable bonds is 12. The van der Waals surface area contributed by atoms with Gasteiger partial charge in [-0.25, -0.2) is 19.6 Å². The number of aromatic nitrogens is 4. The summed E-state index contributed by atoms with van der Waals surface area (Å²) >= 11 is 0. The Kier molecular flexibility index (Phi) is 12.3. The standard InChI is InChI=1S/C41H51N9O7/c1-22(2)33(47-40(54)56-5)38(52)49-17-7-9-31(49)36-43-20-29(45-36)25-13-11-24(12-14-25)27-16-15-26(19-28(27)35(42)51)30-21-44-37(46-30)32-10-8-18-50(32)39(53)34(23(3)4)48-41(55)57-6/h11-16,19-23,31-34H,7-10,17-18H2,1-6H3,(H2,42,51)(H,43,45)(H,44,46)(H,47,54)(H,48,55)/t31-,32-,33-,34?/m0/s1. The molecule has 0 aliphatic carbocycles. The number of carbonyl (C=O) groups excluding carboxylic acids is 5. The fourth-order valence-corrected chi connectivity index (χ4v) is 7.69. The molecular formula is C41H51N9O7. The number of hydrogen-bond donors (Lipinski definition) is 5. The van der Waals surface area contributed by atoms with Crippen molar-refractivity contribution in [3.63, 3.8) is 0 Å². The molecule has 2 aliphatic heterocycles. The Labute approximate surface area is 331 Å². The highest BCUT2D eigenvalue weighted by molar-refractivity contribution is 6.01. The zero-order chi connectivity index (χ0) is 41.0. The summed E-state index contributed by atoms with van der Waals surface area (Å²) in [4.78, 5) is 83.4. The topological polar surface area (TPSA) is 218 Å². The fourth-order valence-electron chi connectivity index (χ4n) is 7.69. The number of nitrogens with one attached hydrogen (secondary N) is 4. The van der Waals surface area contributed by atoms with Crippen molar-refractivity contribution in [3.05, 3.63) is 72.1 Å². The van der Waals surface area contributed by atoms with E-state index in [4.69, 9.17) is 15.2 Å². The first kappa shape index (κ1) is 40.5. The maximum Gasteiger partial charge on any atom is 0.407 e. The molecule has 2 saturated heterocycles. The maximum atomic E-state index is 13.6. The molecule has 1 unspecified atom stereocenters. The third-order valence-corrected chi connectivity index (χ3v) is 10.8. The average molecular weight is 782 g/mol. The van der Waals surface area contributed by atoms with Gasteiger partial charge in [0.25, 0.3) is 0 Å². The molecule has 2 aromatic heterocycles. The van der Waals surface area contributed by atoms with Crippen LogP contribution in [0.3, 0.4) is 0 Å². The summed E-state index contributed by atoms with van der Waals surface area (Å²) in [6.45, 7) is 8.58. The van der Waals surface area contributed by atoms with Gasteiger partial charge in [0.05, 0.1) is 50.1 Å². The molecule has 0 spiro atoms. The number of H-pyrrole nitrogens is 2. The Morgan fingerprint density at radius 3 is 1.58 bits per heavy atom. The van der Waals surface area contributed by atoms with Gasteiger partial charge >= 0.3 is 12.2 Å². The van der Waals surface area contributed by atoms with Crippen LogP contribution in [-0.4, -0.2) is 99.0 Å². The van der Waals surface area contributed by atoms with Crippen molar-refractivity contribution >= 4 is 29.9 Å². The summed E-state index contributed by atoms with van der Waals surface area (Å²) in [6.07, 6.45) is 5.14. The van der Waals surface area contributed by atoms with Gasteiger partial charge in [-0.15, -0.1) is 0 Å². The van der Waals surface area contributed by atoms with Crippen LogP contribution in [0.4, 0.5) is 9.59 Å². The van der Waals surface area contributed by atoms with E-state index in [-0.39, 0.29) is 35.7 Å². The van der Waals surface area contributed by atoms with Gasteiger partial charge in [0.15, 0.2) is 0 Å². The third kappa shape index (κ3) is 8.64. The van der Waals surface area contributed by atoms with Crippen molar-refractivity contribution in [1.82, 2.24) is 40.4 Å². The van der Waals surface area contributed by atoms with Crippen molar-refractivity contribution < 1.29 is 33.4 Å². The van der Waals surface area contributed by atoms with E-state index >= 15 is 0 Å². The number of hydrogen-bond acceptors (Lipinski definition) is 9. The highest BCUT2D eigenvalue weighted by Gasteiger charge is 2.39. The first-order valence-corrected chi connectivity index (χ1v) is 19.3. The number of benzene rings is 2. The largest absolute Gasteiger partial charge is 0.453 e. The number of imidazole rings is 2. The second-order valence-corrected chi connectivity index (χ2v) is 15.2. The van der Waals surface area contributed by atoms with E-state index in [0.29, 0.717) is 53.5 Å². The lowest BCUT2D eigenvalue weighted by atomic mass is 9.95. The molecule has 2 fully saturated rings. The molecule has 302 valence electrons. The van der Waals surface area contributed by atoms with E-state index in [2.05, 4.69) is 30.6 Å². The zero-order valence-corrected chi connectivity index (χ0v) is 33.1. The maximum absolute atomic E-state index is 13.6. The molecule has 0 radical (unpaired) electrons. The normalized spacial score (nSPS) is 17.8. The van der Waals surface area contributed by atoms with Crippen molar-refractivity contribution in [2.75, 3.05) is 27.3 Å². The van der Waals surface area contributed by atoms with Crippen molar-refractivity contribution in [2.24, 2.45) is 17.6 Å². The van der Waals surface area contributed by atoms with Crippen LogP contribution in [0.1, 0.15) is 87.5 Å². The molecule has 6 rings (SSSR count). The Bertz CT molecular complexity index is 2110. The van der Waals surface area contributed by atoms with Gasteiger partial charge in [0, 0.05) is 24.2 Å². The first-order valence-electron chi connectivity index (χ1n) is 19.3. The van der Waals surface area contributed by atoms with E-state index < -0.39 is 30.2 Å². The quantitative estimate of drug-likeness (QED) is 0.125. The van der Waals surface area contributed by atoms with Crippen LogP contribution in [0.25, 0.3) is 33.6 Å². The lowest BCUT2D eigenvalue weighted by Crippen LogP contribution is -2.51. The minimum atomic E-state index is -0.744. The minimum Gasteiger partial charge on any atom is -0.453 e. The van der Waals surface area contributed by atoms with Crippen LogP contribution in [0.5, 0.6) is 0 Å². The SMILES string of the molecule is COC(=O)NC(C(=O)N1CCC[C@H]1c1ncc(-c2ccc(-c3ccc(-c4cnc([C@@H]5CCCN5C(=O)[C@@H](NC(=O)OC)C(C)C)[nH]4)cc3)c(C(N)=O)c2)[nH]1)C(C)C. The van der Waals surface area contributed by atoms with E-state index in [1.54, 1.807) is 28.3 Å². The predicted molar refractivity (Wildman–Crippen MR) is 211 cm³/mol. The molecule has 0 bridgehead atoms. The number of nitrogens with zero attached hydrogens (tertiary/aromatic N) is 4. The van der Waals surface area contributed by atoms with Gasteiger partial charge in [0.1, 0.15) is 23.7 Å². The molecule has 0 saturated carbocycles. The number of carbonyl (C=O) groups is 5. The molecule has 4 atom stereocenters. The zero-order valence-electron chi connectivity index (χ0n) is 33.1. The first-order chi connectivity index (χ1) is 27.3. The van der Waals surface area contributed by atoms with Crippen LogP contribution < -0.4 is 16.4 Å². The summed E-state index contributed by atoms with van der Waals surface area (Å²) in [6, 6.07) is 11.1. The molecular weight excluding hydrogens is 731 g/mol. The number of alkyl carbamates (subject to hydrolysis) is 2. The van der Waals surface area contributed by atoms with Crippen LogP contribution in [0.15, 0.2) is 54.9 Å². The van der Waals surface area contributed by atoms with E-state index in [1.165, 1.54) is 14.2 Å². The van der Waals surface area contributed by atoms with Crippen LogP contribution >= 0.6 is 0 Å². The third-order valence-electron chi connectivity index (χ3n) is 10.8. The van der Waals surface area contributed by atoms with E-state index in [0.717, 1.165) is 36.1 Å². The smallest absolute Gasteiger partial charge is 0.407 e. The average Bonchev–Trinajstić information content (AvgIpc) is 4.05. The highest BCUT2D eigenvalue weighted by atomic mass is 16.5. The summed E-state index contributed by atoms with van der Waals surface area (Å²) in [5.41, 5.74) is 10.7. The number of amides is 5. The number of likely N-dealkylation sites (tertiary alicyclic amines) is 2. The van der Waals surface area contributed by atoms with Gasteiger partial charge in [-0.1, -0.05) is 64.1 Å². The molecule has 4 heterocycles. The number of ether oxygens (including phenoxy) is 2. The molecule has 2 aliphatic rings. The van der Waals surface area contributed by atoms with E-state index in [1.807, 2.05) is 64.1 Å². The Morgan fingerprint density at radius 2 is 1.14 bits per heavy atom. The fraction of sp³-hybridized carbons (Fsp3) is 0.439. The highest BCUT2D eigenvalue weighted by Crippen LogP contribution is 2.36. The van der Waals surface area contributed by atoms with Gasteiger partial charge < -0.3 is 45.6 Å². The Morgan fingerprint density at radius 1 is 0.702 bits per heavy atom. The van der Waals surface area contributed by atoms with Crippen molar-refractivity contribution in [2.45, 2.75) is 77.5 Å². The number of nitrogens with two attached hydrogens (primary N) is 1. The lowest BCUT2D eigenvalue weighted by molar-refractivity contribution is -0.136. The lowest BCUT2D eigenvalue weighted by Gasteiger charge is -2.30. The molecule has 16 nitrogen and oxygen atoms in total. The van der Waals surface area contributed by atoms with Crippen molar-refractivity contribution in [1.29, 1.82) is 0 Å². The van der Waals surface area contributed by atoms with Gasteiger partial charge in [-0.2, -0.15) is 0 Å². The van der Waals surface area contributed by atoms with Gasteiger partial charge in [-0.3, -0.25) is 14.4 Å². The summed E-state index contributed by atoms with van der Waals surface area (Å²) in [7, 11) is 2.54.